The Balaban J connectivity index is 1.89. The number of benzene rings is 1. The summed E-state index contributed by atoms with van der Waals surface area (Å²) in [5.41, 5.74) is 0.653. The first-order chi connectivity index (χ1) is 11.7. The van der Waals surface area contributed by atoms with Gasteiger partial charge in [-0.2, -0.15) is 0 Å². The number of hydrogen-bond donors (Lipinski definition) is 2. The zero-order valence-corrected chi connectivity index (χ0v) is 13.0. The number of carbonyl (C=O) groups is 1. The van der Waals surface area contributed by atoms with E-state index in [0.29, 0.717) is 5.76 Å². The molecule has 0 aliphatic heterocycles. The molecule has 3 aromatic rings. The topological polar surface area (TPSA) is 84.3 Å². The van der Waals surface area contributed by atoms with Crippen LogP contribution in [0.25, 0.3) is 0 Å². The number of amides is 1. The van der Waals surface area contributed by atoms with Crippen LogP contribution < -0.4 is 15.5 Å². The Kier molecular flexibility index (Phi) is 4.47. The molecule has 1 unspecified atom stereocenters. The standard InChI is InChI=1S/C18H16N2O4/c1-23-16-11-19-13(10-14(16)21)18(22)20-17(15-8-5-9-24-15)12-6-3-2-4-7-12/h2-11,17H,1H3,(H,19,21)(H,20,22). The Morgan fingerprint density at radius 3 is 2.62 bits per heavy atom. The summed E-state index contributed by atoms with van der Waals surface area (Å²) in [5.74, 6) is 0.336. The fraction of sp³-hybridized carbons (Fsp3) is 0.111. The van der Waals surface area contributed by atoms with Crippen molar-refractivity contribution in [2.45, 2.75) is 6.04 Å². The minimum Gasteiger partial charge on any atom is -0.491 e. The van der Waals surface area contributed by atoms with Gasteiger partial charge in [0.1, 0.15) is 17.5 Å². The summed E-state index contributed by atoms with van der Waals surface area (Å²) in [6.07, 6.45) is 2.91. The summed E-state index contributed by atoms with van der Waals surface area (Å²) in [4.78, 5) is 27.1. The minimum atomic E-state index is -0.459. The van der Waals surface area contributed by atoms with Gasteiger partial charge >= 0.3 is 0 Å². The molecule has 0 spiro atoms. The maximum atomic E-state index is 12.5. The molecular weight excluding hydrogens is 308 g/mol. The number of furan rings is 1. The van der Waals surface area contributed by atoms with E-state index in [1.165, 1.54) is 19.4 Å². The number of pyridine rings is 1. The Bertz CT molecular complexity index is 870. The van der Waals surface area contributed by atoms with Gasteiger partial charge in [-0.3, -0.25) is 9.59 Å². The molecule has 122 valence electrons. The van der Waals surface area contributed by atoms with E-state index in [9.17, 15) is 9.59 Å². The first-order valence-electron chi connectivity index (χ1n) is 7.35. The number of aromatic nitrogens is 1. The Morgan fingerprint density at radius 2 is 2.00 bits per heavy atom. The van der Waals surface area contributed by atoms with Crippen molar-refractivity contribution < 1.29 is 13.9 Å². The highest BCUT2D eigenvalue weighted by atomic mass is 16.5. The molecule has 1 amide bonds. The second-order valence-corrected chi connectivity index (χ2v) is 5.11. The van der Waals surface area contributed by atoms with Gasteiger partial charge in [0.15, 0.2) is 5.75 Å². The zero-order chi connectivity index (χ0) is 16.9. The highest BCUT2D eigenvalue weighted by Gasteiger charge is 2.20. The van der Waals surface area contributed by atoms with Gasteiger partial charge in [0.05, 0.1) is 13.4 Å². The van der Waals surface area contributed by atoms with E-state index >= 15 is 0 Å². The van der Waals surface area contributed by atoms with E-state index in [1.54, 1.807) is 18.4 Å². The smallest absolute Gasteiger partial charge is 0.268 e. The van der Waals surface area contributed by atoms with Crippen molar-refractivity contribution in [3.63, 3.8) is 0 Å². The number of carbonyl (C=O) groups excluding carboxylic acids is 1. The highest BCUT2D eigenvalue weighted by molar-refractivity contribution is 5.92. The Labute approximate surface area is 138 Å². The molecule has 6 nitrogen and oxygen atoms in total. The van der Waals surface area contributed by atoms with Crippen LogP contribution in [-0.2, 0) is 0 Å². The second-order valence-electron chi connectivity index (χ2n) is 5.11. The Morgan fingerprint density at radius 1 is 1.21 bits per heavy atom. The number of rotatable bonds is 5. The van der Waals surface area contributed by atoms with Crippen molar-refractivity contribution in [1.29, 1.82) is 0 Å². The third-order valence-corrected chi connectivity index (χ3v) is 3.58. The average molecular weight is 324 g/mol. The van der Waals surface area contributed by atoms with Crippen LogP contribution in [0.5, 0.6) is 5.75 Å². The number of aromatic amines is 1. The van der Waals surface area contributed by atoms with Crippen LogP contribution in [0.2, 0.25) is 0 Å². The Hall–Kier alpha value is -3.28. The fourth-order valence-electron chi connectivity index (χ4n) is 2.38. The largest absolute Gasteiger partial charge is 0.491 e. The molecule has 3 rings (SSSR count). The number of nitrogens with one attached hydrogen (secondary N) is 2. The van der Waals surface area contributed by atoms with Gasteiger partial charge in [-0.25, -0.2) is 0 Å². The monoisotopic (exact) mass is 324 g/mol. The summed E-state index contributed by atoms with van der Waals surface area (Å²) >= 11 is 0. The SMILES string of the molecule is COc1c[nH]c(C(=O)NC(c2ccccc2)c2ccco2)cc1=O. The van der Waals surface area contributed by atoms with Crippen LogP contribution in [0.4, 0.5) is 0 Å². The van der Waals surface area contributed by atoms with Crippen molar-refractivity contribution >= 4 is 5.91 Å². The molecule has 1 aromatic carbocycles. The maximum Gasteiger partial charge on any atom is 0.268 e. The summed E-state index contributed by atoms with van der Waals surface area (Å²) in [7, 11) is 1.40. The molecule has 6 heteroatoms. The van der Waals surface area contributed by atoms with Gasteiger partial charge in [0.2, 0.25) is 5.43 Å². The van der Waals surface area contributed by atoms with Gasteiger partial charge in [-0.1, -0.05) is 30.3 Å². The lowest BCUT2D eigenvalue weighted by Gasteiger charge is -2.17. The van der Waals surface area contributed by atoms with Gasteiger partial charge in [0.25, 0.3) is 5.91 Å². The van der Waals surface area contributed by atoms with Crippen molar-refractivity contribution in [3.05, 3.63) is 88.2 Å². The second kappa shape index (κ2) is 6.87. The van der Waals surface area contributed by atoms with Crippen LogP contribution in [0.15, 0.2) is 70.2 Å². The van der Waals surface area contributed by atoms with E-state index in [1.807, 2.05) is 30.3 Å². The van der Waals surface area contributed by atoms with Gasteiger partial charge < -0.3 is 19.5 Å². The quantitative estimate of drug-likeness (QED) is 0.755. The lowest BCUT2D eigenvalue weighted by Crippen LogP contribution is -2.30. The predicted octanol–water partition coefficient (Wildman–Crippen LogP) is 2.50. The molecule has 24 heavy (non-hydrogen) atoms. The van der Waals surface area contributed by atoms with Gasteiger partial charge in [-0.05, 0) is 17.7 Å². The van der Waals surface area contributed by atoms with Crippen LogP contribution >= 0.6 is 0 Å². The lowest BCUT2D eigenvalue weighted by atomic mass is 10.0. The first kappa shape index (κ1) is 15.6. The molecule has 0 fully saturated rings. The predicted molar refractivity (Wildman–Crippen MR) is 88.1 cm³/mol. The molecule has 2 aromatic heterocycles. The van der Waals surface area contributed by atoms with Crippen LogP contribution in [0.3, 0.4) is 0 Å². The van der Waals surface area contributed by atoms with E-state index in [0.717, 1.165) is 5.56 Å². The molecule has 0 radical (unpaired) electrons. The van der Waals surface area contributed by atoms with Crippen LogP contribution in [-0.4, -0.2) is 18.0 Å². The summed E-state index contributed by atoms with van der Waals surface area (Å²) < 4.78 is 10.3. The average Bonchev–Trinajstić information content (AvgIpc) is 3.14. The van der Waals surface area contributed by atoms with Crippen molar-refractivity contribution in [1.82, 2.24) is 10.3 Å². The molecule has 1 atom stereocenters. The number of hydrogen-bond acceptors (Lipinski definition) is 4. The molecule has 0 aliphatic carbocycles. The third kappa shape index (κ3) is 3.22. The molecule has 0 saturated heterocycles. The summed E-state index contributed by atoms with van der Waals surface area (Å²) in [6, 6.07) is 13.7. The zero-order valence-electron chi connectivity index (χ0n) is 13.0. The molecule has 0 aliphatic rings. The lowest BCUT2D eigenvalue weighted by molar-refractivity contribution is 0.0933. The van der Waals surface area contributed by atoms with Gasteiger partial charge in [0, 0.05) is 12.3 Å². The van der Waals surface area contributed by atoms with Gasteiger partial charge in [-0.15, -0.1) is 0 Å². The number of methoxy groups -OCH3 is 1. The van der Waals surface area contributed by atoms with Crippen molar-refractivity contribution in [2.24, 2.45) is 0 Å². The minimum absolute atomic E-state index is 0.147. The van der Waals surface area contributed by atoms with Crippen LogP contribution in [0, 0.1) is 0 Å². The van der Waals surface area contributed by atoms with E-state index in [-0.39, 0.29) is 16.9 Å². The summed E-state index contributed by atoms with van der Waals surface area (Å²) in [6.45, 7) is 0. The molecule has 0 saturated carbocycles. The molecular formula is C18H16N2O4. The number of ether oxygens (including phenoxy) is 1. The fourth-order valence-corrected chi connectivity index (χ4v) is 2.38. The normalized spacial score (nSPS) is 11.7. The summed E-state index contributed by atoms with van der Waals surface area (Å²) in [5, 5.41) is 2.87. The van der Waals surface area contributed by atoms with Crippen molar-refractivity contribution in [2.75, 3.05) is 7.11 Å². The molecule has 2 heterocycles. The molecule has 0 bridgehead atoms. The first-order valence-corrected chi connectivity index (χ1v) is 7.35. The van der Waals surface area contributed by atoms with Crippen LogP contribution in [0.1, 0.15) is 27.9 Å². The van der Waals surface area contributed by atoms with Crippen molar-refractivity contribution in [3.8, 4) is 5.75 Å². The van der Waals surface area contributed by atoms with E-state index in [4.69, 9.17) is 9.15 Å². The van der Waals surface area contributed by atoms with E-state index < -0.39 is 11.9 Å². The molecule has 2 N–H and O–H groups in total. The third-order valence-electron chi connectivity index (χ3n) is 3.58. The maximum absolute atomic E-state index is 12.5. The highest BCUT2D eigenvalue weighted by Crippen LogP contribution is 2.22. The number of H-pyrrole nitrogens is 1. The van der Waals surface area contributed by atoms with E-state index in [2.05, 4.69) is 10.3 Å².